The molecule has 1 aliphatic heterocycles. The zero-order chi connectivity index (χ0) is 14.5. The fraction of sp³-hybridized carbons (Fsp3) is 0.333. The van der Waals surface area contributed by atoms with Gasteiger partial charge in [-0.2, -0.15) is 0 Å². The van der Waals surface area contributed by atoms with Crippen LogP contribution in [-0.2, 0) is 13.0 Å². The van der Waals surface area contributed by atoms with Crippen molar-refractivity contribution in [3.63, 3.8) is 0 Å². The maximum Gasteiger partial charge on any atom is 0.122 e. The molecule has 0 amide bonds. The van der Waals surface area contributed by atoms with Gasteiger partial charge in [-0.1, -0.05) is 24.3 Å². The summed E-state index contributed by atoms with van der Waals surface area (Å²) in [5.74, 6) is 1.08. The highest BCUT2D eigenvalue weighted by molar-refractivity contribution is 7.10. The van der Waals surface area contributed by atoms with Crippen molar-refractivity contribution in [1.29, 1.82) is 0 Å². The Balaban J connectivity index is 1.56. The molecule has 3 heteroatoms. The predicted octanol–water partition coefficient (Wildman–Crippen LogP) is 4.22. The topological polar surface area (TPSA) is 12.5 Å². The highest BCUT2D eigenvalue weighted by Gasteiger charge is 2.10. The molecule has 0 spiro atoms. The lowest BCUT2D eigenvalue weighted by Gasteiger charge is -2.20. The second-order valence-corrected chi connectivity index (χ2v) is 6.49. The third kappa shape index (κ3) is 3.96. The van der Waals surface area contributed by atoms with Crippen LogP contribution in [0.5, 0.6) is 5.75 Å². The molecular weight excluding hydrogens is 278 g/mol. The minimum atomic E-state index is 0.857. The molecule has 0 saturated carbocycles. The monoisotopic (exact) mass is 299 g/mol. The Labute approximate surface area is 130 Å². The number of rotatable bonds is 5. The van der Waals surface area contributed by atoms with Crippen LogP contribution in [0.4, 0.5) is 0 Å². The number of likely N-dealkylation sites (N-methyl/N-ethyl adjacent to an activating group) is 1. The van der Waals surface area contributed by atoms with E-state index in [2.05, 4.69) is 59.8 Å². The predicted molar refractivity (Wildman–Crippen MR) is 89.9 cm³/mol. The first kappa shape index (κ1) is 14.4. The Morgan fingerprint density at radius 3 is 3.14 bits per heavy atom. The molecule has 0 aliphatic carbocycles. The number of benzene rings is 1. The van der Waals surface area contributed by atoms with E-state index < -0.39 is 0 Å². The van der Waals surface area contributed by atoms with Gasteiger partial charge in [0.05, 0.1) is 6.61 Å². The molecule has 21 heavy (non-hydrogen) atoms. The van der Waals surface area contributed by atoms with Gasteiger partial charge in [0.2, 0.25) is 0 Å². The number of aryl methyl sites for hydroxylation is 1. The van der Waals surface area contributed by atoms with Gasteiger partial charge < -0.3 is 4.74 Å². The van der Waals surface area contributed by atoms with Gasteiger partial charge in [-0.15, -0.1) is 11.3 Å². The van der Waals surface area contributed by atoms with E-state index in [1.54, 1.807) is 11.3 Å². The molecule has 0 atom stereocenters. The molecule has 2 nitrogen and oxygen atoms in total. The summed E-state index contributed by atoms with van der Waals surface area (Å²) in [5, 5.41) is 2.11. The van der Waals surface area contributed by atoms with Crippen molar-refractivity contribution < 1.29 is 4.74 Å². The zero-order valence-electron chi connectivity index (χ0n) is 12.4. The van der Waals surface area contributed by atoms with Crippen LogP contribution in [-0.4, -0.2) is 25.1 Å². The summed E-state index contributed by atoms with van der Waals surface area (Å²) < 4.78 is 5.74. The van der Waals surface area contributed by atoms with Gasteiger partial charge >= 0.3 is 0 Å². The second kappa shape index (κ2) is 6.92. The largest absolute Gasteiger partial charge is 0.493 e. The molecule has 0 unspecified atom stereocenters. The summed E-state index contributed by atoms with van der Waals surface area (Å²) >= 11 is 1.77. The van der Waals surface area contributed by atoms with E-state index in [9.17, 15) is 0 Å². The SMILES string of the molecule is CN(C/C=C/c1cccs1)Cc1ccc2c(c1)OCCC2. The molecule has 0 N–H and O–H groups in total. The average molecular weight is 299 g/mol. The van der Waals surface area contributed by atoms with Crippen molar-refractivity contribution in [3.8, 4) is 5.75 Å². The molecule has 1 aromatic carbocycles. The molecule has 2 aromatic rings. The van der Waals surface area contributed by atoms with E-state index in [1.807, 2.05) is 0 Å². The highest BCUT2D eigenvalue weighted by Crippen LogP contribution is 2.26. The Hall–Kier alpha value is -1.58. The van der Waals surface area contributed by atoms with Crippen LogP contribution in [0.1, 0.15) is 22.4 Å². The Kier molecular flexibility index (Phi) is 4.73. The van der Waals surface area contributed by atoms with Gasteiger partial charge in [0, 0.05) is 18.0 Å². The minimum absolute atomic E-state index is 0.857. The Bertz CT molecular complexity index is 604. The Morgan fingerprint density at radius 2 is 2.29 bits per heavy atom. The van der Waals surface area contributed by atoms with Gasteiger partial charge in [-0.25, -0.2) is 0 Å². The summed E-state index contributed by atoms with van der Waals surface area (Å²) in [4.78, 5) is 3.62. The van der Waals surface area contributed by atoms with E-state index in [4.69, 9.17) is 4.74 Å². The van der Waals surface area contributed by atoms with Crippen LogP contribution in [0.3, 0.4) is 0 Å². The summed E-state index contributed by atoms with van der Waals surface area (Å²) in [6.45, 7) is 2.76. The first-order valence-corrected chi connectivity index (χ1v) is 8.32. The summed E-state index contributed by atoms with van der Waals surface area (Å²) in [7, 11) is 2.15. The van der Waals surface area contributed by atoms with Crippen LogP contribution in [0, 0.1) is 0 Å². The molecule has 0 radical (unpaired) electrons. The second-order valence-electron chi connectivity index (χ2n) is 5.51. The lowest BCUT2D eigenvalue weighted by molar-refractivity contribution is 0.287. The van der Waals surface area contributed by atoms with Gasteiger partial charge in [-0.05, 0) is 54.6 Å². The zero-order valence-corrected chi connectivity index (χ0v) is 13.2. The number of hydrogen-bond acceptors (Lipinski definition) is 3. The number of thiophene rings is 1. The van der Waals surface area contributed by atoms with E-state index >= 15 is 0 Å². The van der Waals surface area contributed by atoms with Crippen molar-refractivity contribution in [2.75, 3.05) is 20.2 Å². The standard InChI is InChI=1S/C18H21NOS/c1-19(10-2-6-17-7-4-12-21-17)14-15-8-9-16-5-3-11-20-18(16)13-15/h2,4,6-9,12-13H,3,5,10-11,14H2,1H3/b6-2+. The molecule has 0 fully saturated rings. The van der Waals surface area contributed by atoms with Crippen LogP contribution in [0.15, 0.2) is 41.8 Å². The number of nitrogens with zero attached hydrogens (tertiary/aromatic N) is 1. The van der Waals surface area contributed by atoms with Crippen molar-refractivity contribution in [1.82, 2.24) is 4.90 Å². The molecule has 1 aliphatic rings. The van der Waals surface area contributed by atoms with Crippen molar-refractivity contribution in [3.05, 3.63) is 57.8 Å². The fourth-order valence-corrected chi connectivity index (χ4v) is 3.24. The van der Waals surface area contributed by atoms with E-state index in [-0.39, 0.29) is 0 Å². The van der Waals surface area contributed by atoms with Crippen molar-refractivity contribution in [2.45, 2.75) is 19.4 Å². The molecule has 1 aromatic heterocycles. The van der Waals surface area contributed by atoms with Crippen molar-refractivity contribution >= 4 is 17.4 Å². The van der Waals surface area contributed by atoms with Crippen molar-refractivity contribution in [2.24, 2.45) is 0 Å². The van der Waals surface area contributed by atoms with Gasteiger partial charge in [0.15, 0.2) is 0 Å². The van der Waals surface area contributed by atoms with E-state index in [0.29, 0.717) is 0 Å². The van der Waals surface area contributed by atoms with Gasteiger partial charge in [-0.3, -0.25) is 4.90 Å². The smallest absolute Gasteiger partial charge is 0.122 e. The molecule has 3 rings (SSSR count). The van der Waals surface area contributed by atoms with Crippen LogP contribution < -0.4 is 4.74 Å². The number of ether oxygens (including phenoxy) is 1. The average Bonchev–Trinajstić information content (AvgIpc) is 3.00. The number of hydrogen-bond donors (Lipinski definition) is 0. The lowest BCUT2D eigenvalue weighted by atomic mass is 10.0. The molecular formula is C18H21NOS. The Morgan fingerprint density at radius 1 is 1.33 bits per heavy atom. The van der Waals surface area contributed by atoms with Gasteiger partial charge in [0.25, 0.3) is 0 Å². The van der Waals surface area contributed by atoms with Gasteiger partial charge in [0.1, 0.15) is 5.75 Å². The maximum atomic E-state index is 5.74. The van der Waals surface area contributed by atoms with E-state index in [0.717, 1.165) is 38.3 Å². The minimum Gasteiger partial charge on any atom is -0.493 e. The number of fused-ring (bicyclic) bond motifs is 1. The molecule has 110 valence electrons. The van der Waals surface area contributed by atoms with Crippen LogP contribution in [0.25, 0.3) is 6.08 Å². The third-order valence-electron chi connectivity index (χ3n) is 3.67. The fourth-order valence-electron chi connectivity index (χ4n) is 2.59. The first-order valence-electron chi connectivity index (χ1n) is 7.44. The summed E-state index contributed by atoms with van der Waals surface area (Å²) in [5.41, 5.74) is 2.67. The molecule has 0 bridgehead atoms. The first-order chi connectivity index (χ1) is 10.3. The van der Waals surface area contributed by atoms with Crippen LogP contribution in [0.2, 0.25) is 0 Å². The maximum absolute atomic E-state index is 5.74. The van der Waals surface area contributed by atoms with E-state index in [1.165, 1.54) is 16.0 Å². The molecule has 0 saturated heterocycles. The summed E-state index contributed by atoms with van der Waals surface area (Å²) in [6, 6.07) is 10.9. The lowest BCUT2D eigenvalue weighted by Crippen LogP contribution is -2.18. The highest BCUT2D eigenvalue weighted by atomic mass is 32.1. The molecule has 2 heterocycles. The normalized spacial score (nSPS) is 14.4. The summed E-state index contributed by atoms with van der Waals surface area (Å²) in [6.07, 6.45) is 6.70. The van der Waals surface area contributed by atoms with Crippen LogP contribution >= 0.6 is 11.3 Å². The third-order valence-corrected chi connectivity index (χ3v) is 4.51. The quantitative estimate of drug-likeness (QED) is 0.819.